The monoisotopic (exact) mass is 304 g/mol. The lowest BCUT2D eigenvalue weighted by molar-refractivity contribution is 0.315. The SMILES string of the molecule is CCCOc1ccc(F)c([Si](C)(C)C)c1Br. The fourth-order valence-electron chi connectivity index (χ4n) is 1.54. The van der Waals surface area contributed by atoms with Crippen molar-refractivity contribution in [2.45, 2.75) is 33.0 Å². The van der Waals surface area contributed by atoms with Crippen LogP contribution >= 0.6 is 15.9 Å². The van der Waals surface area contributed by atoms with Crippen molar-refractivity contribution in [3.63, 3.8) is 0 Å². The summed E-state index contributed by atoms with van der Waals surface area (Å²) in [7, 11) is -1.69. The van der Waals surface area contributed by atoms with Gasteiger partial charge < -0.3 is 4.74 Å². The summed E-state index contributed by atoms with van der Waals surface area (Å²) in [4.78, 5) is 0. The molecule has 0 bridgehead atoms. The number of rotatable bonds is 4. The summed E-state index contributed by atoms with van der Waals surface area (Å²) >= 11 is 3.47. The maximum Gasteiger partial charge on any atom is 0.133 e. The Hall–Kier alpha value is -0.353. The van der Waals surface area contributed by atoms with Crippen LogP contribution in [0.5, 0.6) is 5.75 Å². The van der Waals surface area contributed by atoms with Crippen LogP contribution in [0.4, 0.5) is 4.39 Å². The van der Waals surface area contributed by atoms with E-state index >= 15 is 0 Å². The highest BCUT2D eigenvalue weighted by Gasteiger charge is 2.25. The standard InChI is InChI=1S/C12H18BrFOSi/c1-5-8-15-10-7-6-9(14)12(11(10)13)16(2,3)4/h6-7H,5,8H2,1-4H3. The van der Waals surface area contributed by atoms with E-state index < -0.39 is 8.07 Å². The first kappa shape index (κ1) is 13.7. The Morgan fingerprint density at radius 1 is 1.31 bits per heavy atom. The summed E-state index contributed by atoms with van der Waals surface area (Å²) in [6.45, 7) is 9.09. The van der Waals surface area contributed by atoms with Crippen molar-refractivity contribution in [3.8, 4) is 5.75 Å². The molecule has 0 spiro atoms. The molecule has 90 valence electrons. The van der Waals surface area contributed by atoms with Gasteiger partial charge in [0.2, 0.25) is 0 Å². The maximum atomic E-state index is 13.8. The second-order valence-electron chi connectivity index (χ2n) is 4.83. The fraction of sp³-hybridized carbons (Fsp3) is 0.500. The molecule has 0 aromatic heterocycles. The molecule has 0 unspecified atom stereocenters. The van der Waals surface area contributed by atoms with E-state index in [1.54, 1.807) is 6.07 Å². The molecule has 1 aromatic carbocycles. The lowest BCUT2D eigenvalue weighted by atomic mass is 10.3. The van der Waals surface area contributed by atoms with E-state index in [4.69, 9.17) is 4.74 Å². The summed E-state index contributed by atoms with van der Waals surface area (Å²) in [6, 6.07) is 3.20. The van der Waals surface area contributed by atoms with Crippen molar-refractivity contribution < 1.29 is 9.13 Å². The first-order chi connectivity index (χ1) is 7.38. The predicted molar refractivity (Wildman–Crippen MR) is 72.9 cm³/mol. The van der Waals surface area contributed by atoms with Crippen LogP contribution in [0.3, 0.4) is 0 Å². The van der Waals surface area contributed by atoms with Crippen LogP contribution in [0, 0.1) is 5.82 Å². The molecule has 0 heterocycles. The molecule has 0 fully saturated rings. The maximum absolute atomic E-state index is 13.8. The zero-order valence-electron chi connectivity index (χ0n) is 10.2. The smallest absolute Gasteiger partial charge is 0.133 e. The molecular weight excluding hydrogens is 287 g/mol. The fourth-order valence-corrected chi connectivity index (χ4v) is 5.35. The van der Waals surface area contributed by atoms with Gasteiger partial charge in [-0.25, -0.2) is 4.39 Å². The van der Waals surface area contributed by atoms with Gasteiger partial charge in [-0.2, -0.15) is 0 Å². The highest BCUT2D eigenvalue weighted by atomic mass is 79.9. The molecule has 0 saturated heterocycles. The molecule has 0 aliphatic heterocycles. The van der Waals surface area contributed by atoms with Crippen molar-refractivity contribution in [2.75, 3.05) is 6.61 Å². The second kappa shape index (κ2) is 5.32. The average Bonchev–Trinajstić information content (AvgIpc) is 2.14. The Morgan fingerprint density at radius 2 is 1.94 bits per heavy atom. The van der Waals surface area contributed by atoms with E-state index in [2.05, 4.69) is 42.5 Å². The van der Waals surface area contributed by atoms with Gasteiger partial charge in [-0.15, -0.1) is 0 Å². The normalized spacial score (nSPS) is 11.6. The highest BCUT2D eigenvalue weighted by molar-refractivity contribution is 9.10. The van der Waals surface area contributed by atoms with Crippen molar-refractivity contribution in [2.24, 2.45) is 0 Å². The van der Waals surface area contributed by atoms with Gasteiger partial charge in [0.25, 0.3) is 0 Å². The molecule has 16 heavy (non-hydrogen) atoms. The van der Waals surface area contributed by atoms with Gasteiger partial charge in [0.15, 0.2) is 0 Å². The van der Waals surface area contributed by atoms with Crippen LogP contribution in [0.2, 0.25) is 19.6 Å². The Morgan fingerprint density at radius 3 is 2.44 bits per heavy atom. The molecule has 0 aliphatic rings. The lowest BCUT2D eigenvalue weighted by Gasteiger charge is -2.21. The van der Waals surface area contributed by atoms with Crippen LogP contribution in [0.25, 0.3) is 0 Å². The van der Waals surface area contributed by atoms with Crippen LogP contribution < -0.4 is 9.92 Å². The van der Waals surface area contributed by atoms with Gasteiger partial charge in [-0.1, -0.05) is 26.6 Å². The van der Waals surface area contributed by atoms with Gasteiger partial charge in [0, 0.05) is 0 Å². The minimum absolute atomic E-state index is 0.130. The molecule has 0 saturated carbocycles. The highest BCUT2D eigenvalue weighted by Crippen LogP contribution is 2.26. The van der Waals surface area contributed by atoms with Crippen molar-refractivity contribution in [1.29, 1.82) is 0 Å². The zero-order chi connectivity index (χ0) is 12.3. The molecule has 1 rings (SSSR count). The first-order valence-corrected chi connectivity index (χ1v) is 9.78. The van der Waals surface area contributed by atoms with Crippen molar-refractivity contribution in [3.05, 3.63) is 22.4 Å². The Labute approximate surface area is 106 Å². The van der Waals surface area contributed by atoms with E-state index in [-0.39, 0.29) is 5.82 Å². The molecule has 1 aromatic rings. The minimum atomic E-state index is -1.69. The third kappa shape index (κ3) is 3.07. The topological polar surface area (TPSA) is 9.23 Å². The molecule has 0 atom stereocenters. The second-order valence-corrected chi connectivity index (χ2v) is 10.6. The van der Waals surface area contributed by atoms with E-state index in [1.165, 1.54) is 6.07 Å². The number of hydrogen-bond acceptors (Lipinski definition) is 1. The summed E-state index contributed by atoms with van der Waals surface area (Å²) in [6.07, 6.45) is 0.950. The molecule has 0 aliphatic carbocycles. The van der Waals surface area contributed by atoms with Gasteiger partial charge >= 0.3 is 0 Å². The summed E-state index contributed by atoms with van der Waals surface area (Å²) in [5.41, 5.74) is 0. The van der Waals surface area contributed by atoms with Crippen LogP contribution in [-0.2, 0) is 0 Å². The Bertz CT molecular complexity index is 374. The molecule has 0 amide bonds. The van der Waals surface area contributed by atoms with Crippen molar-refractivity contribution in [1.82, 2.24) is 0 Å². The van der Waals surface area contributed by atoms with E-state index in [0.717, 1.165) is 21.8 Å². The number of ether oxygens (including phenoxy) is 1. The van der Waals surface area contributed by atoms with E-state index in [1.807, 2.05) is 0 Å². The predicted octanol–water partition coefficient (Wildman–Crippen LogP) is 3.92. The van der Waals surface area contributed by atoms with Crippen LogP contribution in [-0.4, -0.2) is 14.7 Å². The summed E-state index contributed by atoms with van der Waals surface area (Å²) < 4.78 is 20.2. The van der Waals surface area contributed by atoms with Gasteiger partial charge in [-0.3, -0.25) is 0 Å². The van der Waals surface area contributed by atoms with Crippen LogP contribution in [0.1, 0.15) is 13.3 Å². The van der Waals surface area contributed by atoms with Crippen molar-refractivity contribution >= 4 is 29.2 Å². The first-order valence-electron chi connectivity index (χ1n) is 5.49. The molecular formula is C12H18BrFOSi. The summed E-state index contributed by atoms with van der Waals surface area (Å²) in [5.74, 6) is 0.621. The molecule has 4 heteroatoms. The number of halogens is 2. The Balaban J connectivity index is 3.17. The van der Waals surface area contributed by atoms with Gasteiger partial charge in [0.1, 0.15) is 11.6 Å². The largest absolute Gasteiger partial charge is 0.492 e. The number of benzene rings is 1. The van der Waals surface area contributed by atoms with E-state index in [0.29, 0.717) is 6.61 Å². The minimum Gasteiger partial charge on any atom is -0.492 e. The molecule has 1 nitrogen and oxygen atoms in total. The number of hydrogen-bond donors (Lipinski definition) is 0. The molecule has 0 N–H and O–H groups in total. The third-order valence-electron chi connectivity index (χ3n) is 2.27. The van der Waals surface area contributed by atoms with Crippen LogP contribution in [0.15, 0.2) is 16.6 Å². The lowest BCUT2D eigenvalue weighted by Crippen LogP contribution is -2.41. The van der Waals surface area contributed by atoms with Gasteiger partial charge in [0.05, 0.1) is 19.2 Å². The Kier molecular flexibility index (Phi) is 4.56. The third-order valence-corrected chi connectivity index (χ3v) is 5.41. The average molecular weight is 305 g/mol. The zero-order valence-corrected chi connectivity index (χ0v) is 12.8. The molecule has 0 radical (unpaired) electrons. The van der Waals surface area contributed by atoms with E-state index in [9.17, 15) is 4.39 Å². The van der Waals surface area contributed by atoms with Gasteiger partial charge in [-0.05, 0) is 39.7 Å². The quantitative estimate of drug-likeness (QED) is 0.766. The summed E-state index contributed by atoms with van der Waals surface area (Å²) in [5, 5.41) is 0.807.